The van der Waals surface area contributed by atoms with Crippen molar-refractivity contribution in [1.29, 1.82) is 0 Å². The number of nitrogens with zero attached hydrogens (tertiary/aromatic N) is 5. The molecule has 0 saturated carbocycles. The average Bonchev–Trinajstić information content (AvgIpc) is 3.63. The highest BCUT2D eigenvalue weighted by Gasteiger charge is 2.31. The van der Waals surface area contributed by atoms with Gasteiger partial charge in [-0.1, -0.05) is 0 Å². The largest absolute Gasteiger partial charge is 0.493 e. The van der Waals surface area contributed by atoms with Crippen LogP contribution in [0.5, 0.6) is 17.2 Å². The molecule has 3 N–H and O–H groups in total. The molecule has 4 heterocycles. The number of hydrogen-bond donors (Lipinski definition) is 2. The summed E-state index contributed by atoms with van der Waals surface area (Å²) in [5.74, 6) is 2.88. The summed E-state index contributed by atoms with van der Waals surface area (Å²) < 4.78 is 18.1. The first-order valence-corrected chi connectivity index (χ1v) is 11.8. The lowest BCUT2D eigenvalue weighted by molar-refractivity contribution is -0.119. The van der Waals surface area contributed by atoms with Gasteiger partial charge in [0.15, 0.2) is 17.3 Å². The van der Waals surface area contributed by atoms with E-state index < -0.39 is 0 Å². The van der Waals surface area contributed by atoms with Crippen LogP contribution in [0, 0.1) is 0 Å². The molecule has 1 aliphatic rings. The topological polar surface area (TPSA) is 130 Å². The van der Waals surface area contributed by atoms with Crippen LogP contribution in [-0.2, 0) is 4.79 Å². The Kier molecular flexibility index (Phi) is 6.03. The number of methoxy groups -OCH3 is 3. The van der Waals surface area contributed by atoms with E-state index in [-0.39, 0.29) is 11.9 Å². The summed E-state index contributed by atoms with van der Waals surface area (Å²) in [6.45, 7) is 0.713. The van der Waals surface area contributed by atoms with Crippen molar-refractivity contribution in [2.75, 3.05) is 38.1 Å². The first-order valence-electron chi connectivity index (χ1n) is 10.9. The van der Waals surface area contributed by atoms with Gasteiger partial charge in [0.1, 0.15) is 23.0 Å². The second kappa shape index (κ2) is 9.29. The molecule has 1 amide bonds. The lowest BCUT2D eigenvalue weighted by Crippen LogP contribution is -2.40. The van der Waals surface area contributed by atoms with Gasteiger partial charge in [-0.15, -0.1) is 11.3 Å². The van der Waals surface area contributed by atoms with Gasteiger partial charge in [-0.2, -0.15) is 4.98 Å². The Balaban J connectivity index is 1.47. The van der Waals surface area contributed by atoms with Crippen molar-refractivity contribution < 1.29 is 19.0 Å². The van der Waals surface area contributed by atoms with Crippen molar-refractivity contribution in [3.05, 3.63) is 36.1 Å². The number of rotatable bonds is 8. The maximum Gasteiger partial charge on any atom is 0.240 e. The van der Waals surface area contributed by atoms with E-state index in [2.05, 4.69) is 15.3 Å². The number of anilines is 3. The number of carbonyl (C=O) groups excluding carboxylic acids is 1. The number of imidazole rings is 1. The quantitative estimate of drug-likeness (QED) is 0.379. The number of hydrogen-bond acceptors (Lipinski definition) is 10. The van der Waals surface area contributed by atoms with E-state index in [0.29, 0.717) is 47.8 Å². The van der Waals surface area contributed by atoms with Gasteiger partial charge in [-0.05, 0) is 24.3 Å². The molecule has 1 unspecified atom stereocenters. The number of ether oxygens (including phenoxy) is 3. The van der Waals surface area contributed by atoms with Gasteiger partial charge in [0.2, 0.25) is 17.6 Å². The standard InChI is InChI=1S/C23H25N7O4S/c1-32-16-9-13(10-17(33-2)19(16)34-3)29-11-18(25-12-29)26-23-27-21(14-6-8-35-22(14)28-23)30-7-4-5-15(30)20(24)31/h6,8-12,15H,4-5,7H2,1-3H3,(H2,24,31)(H,26,27,28). The van der Waals surface area contributed by atoms with Crippen molar-refractivity contribution in [3.63, 3.8) is 0 Å². The molecule has 0 aliphatic carbocycles. The molecular formula is C23H25N7O4S. The third-order valence-electron chi connectivity index (χ3n) is 5.93. The predicted molar refractivity (Wildman–Crippen MR) is 133 cm³/mol. The third kappa shape index (κ3) is 4.16. The molecule has 1 aliphatic heterocycles. The first kappa shape index (κ1) is 22.7. The predicted octanol–water partition coefficient (Wildman–Crippen LogP) is 3.10. The minimum Gasteiger partial charge on any atom is -0.493 e. The van der Waals surface area contributed by atoms with Gasteiger partial charge >= 0.3 is 0 Å². The molecule has 0 radical (unpaired) electrons. The molecule has 11 nitrogen and oxygen atoms in total. The minimum absolute atomic E-state index is 0.344. The van der Waals surface area contributed by atoms with Crippen LogP contribution in [0.3, 0.4) is 0 Å². The van der Waals surface area contributed by atoms with Gasteiger partial charge in [0, 0.05) is 18.7 Å². The molecule has 0 spiro atoms. The summed E-state index contributed by atoms with van der Waals surface area (Å²) in [6, 6.07) is 5.25. The van der Waals surface area contributed by atoms with Gasteiger partial charge in [-0.3, -0.25) is 4.79 Å². The Morgan fingerprint density at radius 1 is 1.17 bits per heavy atom. The molecule has 5 rings (SSSR count). The molecule has 35 heavy (non-hydrogen) atoms. The van der Waals surface area contributed by atoms with E-state index >= 15 is 0 Å². The highest BCUT2D eigenvalue weighted by molar-refractivity contribution is 7.16. The molecule has 1 atom stereocenters. The summed E-state index contributed by atoms with van der Waals surface area (Å²) >= 11 is 1.51. The van der Waals surface area contributed by atoms with E-state index in [9.17, 15) is 4.79 Å². The molecule has 182 valence electrons. The molecule has 0 bridgehead atoms. The summed E-state index contributed by atoms with van der Waals surface area (Å²) in [5.41, 5.74) is 6.42. The van der Waals surface area contributed by atoms with E-state index in [1.807, 2.05) is 39.2 Å². The van der Waals surface area contributed by atoms with Gasteiger partial charge in [0.25, 0.3) is 0 Å². The van der Waals surface area contributed by atoms with E-state index in [0.717, 1.165) is 22.3 Å². The number of nitrogens with one attached hydrogen (secondary N) is 1. The van der Waals surface area contributed by atoms with Crippen LogP contribution in [0.2, 0.25) is 0 Å². The van der Waals surface area contributed by atoms with Crippen LogP contribution in [0.4, 0.5) is 17.6 Å². The highest BCUT2D eigenvalue weighted by atomic mass is 32.1. The SMILES string of the molecule is COc1cc(-n2cnc(Nc3nc(N4CCCC4C(N)=O)c4ccsc4n3)c2)cc(OC)c1OC. The van der Waals surface area contributed by atoms with Crippen LogP contribution in [0.1, 0.15) is 12.8 Å². The Bertz CT molecular complexity index is 1360. The van der Waals surface area contributed by atoms with Crippen LogP contribution in [0.15, 0.2) is 36.1 Å². The van der Waals surface area contributed by atoms with Crippen molar-refractivity contribution in [2.24, 2.45) is 5.73 Å². The Morgan fingerprint density at radius 2 is 1.94 bits per heavy atom. The fraction of sp³-hybridized carbons (Fsp3) is 0.304. The molecule has 1 aromatic carbocycles. The van der Waals surface area contributed by atoms with Crippen LogP contribution < -0.4 is 30.2 Å². The van der Waals surface area contributed by atoms with Crippen molar-refractivity contribution in [1.82, 2.24) is 19.5 Å². The lowest BCUT2D eigenvalue weighted by atomic mass is 10.2. The number of carbonyl (C=O) groups is 1. The Morgan fingerprint density at radius 3 is 2.63 bits per heavy atom. The molecule has 1 fully saturated rings. The fourth-order valence-electron chi connectivity index (χ4n) is 4.29. The summed E-state index contributed by atoms with van der Waals surface area (Å²) in [4.78, 5) is 28.6. The van der Waals surface area contributed by atoms with Gasteiger partial charge in [-0.25, -0.2) is 9.97 Å². The van der Waals surface area contributed by atoms with Crippen molar-refractivity contribution in [2.45, 2.75) is 18.9 Å². The minimum atomic E-state index is -0.375. The third-order valence-corrected chi connectivity index (χ3v) is 6.73. The number of primary amides is 1. The highest BCUT2D eigenvalue weighted by Crippen LogP contribution is 2.39. The zero-order chi connectivity index (χ0) is 24.5. The normalized spacial score (nSPS) is 15.4. The first-order chi connectivity index (χ1) is 17.0. The maximum atomic E-state index is 12.0. The molecule has 4 aromatic rings. The average molecular weight is 496 g/mol. The zero-order valence-corrected chi connectivity index (χ0v) is 20.3. The Hall–Kier alpha value is -4.06. The summed E-state index contributed by atoms with van der Waals surface area (Å²) in [7, 11) is 4.70. The number of aromatic nitrogens is 4. The van der Waals surface area contributed by atoms with Crippen molar-refractivity contribution in [3.8, 4) is 22.9 Å². The number of benzene rings is 1. The summed E-state index contributed by atoms with van der Waals surface area (Å²) in [6.07, 6.45) is 5.07. The molecule has 12 heteroatoms. The molecular weight excluding hydrogens is 470 g/mol. The maximum absolute atomic E-state index is 12.0. The monoisotopic (exact) mass is 495 g/mol. The van der Waals surface area contributed by atoms with Crippen LogP contribution >= 0.6 is 11.3 Å². The number of thiophene rings is 1. The summed E-state index contributed by atoms with van der Waals surface area (Å²) in [5, 5.41) is 6.05. The van der Waals surface area contributed by atoms with E-state index in [4.69, 9.17) is 24.9 Å². The zero-order valence-electron chi connectivity index (χ0n) is 19.5. The van der Waals surface area contributed by atoms with Crippen molar-refractivity contribution >= 4 is 45.0 Å². The van der Waals surface area contributed by atoms with Crippen LogP contribution in [0.25, 0.3) is 15.9 Å². The second-order valence-electron chi connectivity index (χ2n) is 7.94. The van der Waals surface area contributed by atoms with E-state index in [1.54, 1.807) is 27.7 Å². The smallest absolute Gasteiger partial charge is 0.240 e. The second-order valence-corrected chi connectivity index (χ2v) is 8.83. The fourth-order valence-corrected chi connectivity index (χ4v) is 5.05. The van der Waals surface area contributed by atoms with Gasteiger partial charge in [0.05, 0.1) is 38.6 Å². The number of fused-ring (bicyclic) bond motifs is 1. The molecule has 3 aromatic heterocycles. The van der Waals surface area contributed by atoms with Gasteiger partial charge < -0.3 is 34.7 Å². The Labute approximate surface area is 205 Å². The number of amides is 1. The van der Waals surface area contributed by atoms with Crippen LogP contribution in [-0.4, -0.2) is 59.3 Å². The number of nitrogens with two attached hydrogens (primary N) is 1. The molecule has 1 saturated heterocycles. The lowest BCUT2D eigenvalue weighted by Gasteiger charge is -2.24. The van der Waals surface area contributed by atoms with E-state index in [1.165, 1.54) is 11.3 Å².